The Morgan fingerprint density at radius 2 is 2.00 bits per heavy atom. The molecule has 0 radical (unpaired) electrons. The van der Waals surface area contributed by atoms with Gasteiger partial charge in [0, 0.05) is 30.6 Å². The third kappa shape index (κ3) is 3.55. The number of likely N-dealkylation sites (tertiary alicyclic amines) is 1. The van der Waals surface area contributed by atoms with Crippen LogP contribution in [0, 0.1) is 11.6 Å². The van der Waals surface area contributed by atoms with E-state index in [0.717, 1.165) is 0 Å². The first-order valence-corrected chi connectivity index (χ1v) is 8.69. The number of amides is 1. The smallest absolute Gasteiger partial charge is 0.232 e. The molecule has 0 spiro atoms. The molecule has 2 heterocycles. The summed E-state index contributed by atoms with van der Waals surface area (Å²) >= 11 is 5.78. The SMILES string of the molecule is O=C1CC(c2nc(-c3ccc(F)c(Cl)c3)no2)CN1Cc1ccccc1F. The molecule has 1 aliphatic rings. The molecule has 138 valence electrons. The first-order chi connectivity index (χ1) is 13.0. The Morgan fingerprint density at radius 3 is 2.78 bits per heavy atom. The van der Waals surface area contributed by atoms with Crippen molar-refractivity contribution in [2.24, 2.45) is 0 Å². The predicted octanol–water partition coefficient (Wildman–Crippen LogP) is 4.18. The highest BCUT2D eigenvalue weighted by atomic mass is 35.5. The van der Waals surface area contributed by atoms with Crippen molar-refractivity contribution >= 4 is 17.5 Å². The number of halogens is 3. The second-order valence-electron chi connectivity index (χ2n) is 6.35. The zero-order valence-corrected chi connectivity index (χ0v) is 14.8. The molecular weight excluding hydrogens is 376 g/mol. The van der Waals surface area contributed by atoms with E-state index in [9.17, 15) is 13.6 Å². The van der Waals surface area contributed by atoms with Gasteiger partial charge in [-0.1, -0.05) is 35.0 Å². The second-order valence-corrected chi connectivity index (χ2v) is 6.76. The van der Waals surface area contributed by atoms with E-state index in [1.165, 1.54) is 24.3 Å². The molecule has 2 aromatic carbocycles. The molecule has 0 aliphatic carbocycles. The Kier molecular flexibility index (Phi) is 4.61. The number of benzene rings is 2. The van der Waals surface area contributed by atoms with E-state index in [-0.39, 0.29) is 41.5 Å². The molecule has 1 saturated heterocycles. The fraction of sp³-hybridized carbons (Fsp3) is 0.211. The van der Waals surface area contributed by atoms with E-state index in [1.54, 1.807) is 23.1 Å². The van der Waals surface area contributed by atoms with Crippen molar-refractivity contribution in [1.82, 2.24) is 15.0 Å². The summed E-state index contributed by atoms with van der Waals surface area (Å²) in [6.45, 7) is 0.551. The topological polar surface area (TPSA) is 59.2 Å². The minimum absolute atomic E-state index is 0.0362. The Balaban J connectivity index is 1.50. The van der Waals surface area contributed by atoms with Crippen LogP contribution in [0.3, 0.4) is 0 Å². The maximum Gasteiger partial charge on any atom is 0.232 e. The van der Waals surface area contributed by atoms with E-state index in [2.05, 4.69) is 10.1 Å². The Labute approximate surface area is 158 Å². The summed E-state index contributed by atoms with van der Waals surface area (Å²) in [5.74, 6) is -0.674. The molecule has 27 heavy (non-hydrogen) atoms. The van der Waals surface area contributed by atoms with E-state index in [1.807, 2.05) is 0 Å². The number of hydrogen-bond donors (Lipinski definition) is 0. The van der Waals surface area contributed by atoms with Crippen LogP contribution in [0.2, 0.25) is 5.02 Å². The van der Waals surface area contributed by atoms with Crippen molar-refractivity contribution in [3.8, 4) is 11.4 Å². The van der Waals surface area contributed by atoms with E-state index in [0.29, 0.717) is 23.6 Å². The largest absolute Gasteiger partial charge is 0.339 e. The third-order valence-corrected chi connectivity index (χ3v) is 4.79. The molecule has 1 unspecified atom stereocenters. The summed E-state index contributed by atoms with van der Waals surface area (Å²) in [7, 11) is 0. The molecule has 4 rings (SSSR count). The van der Waals surface area contributed by atoms with Crippen LogP contribution in [0.1, 0.15) is 23.8 Å². The summed E-state index contributed by atoms with van der Waals surface area (Å²) in [5, 5.41) is 3.86. The van der Waals surface area contributed by atoms with Crippen molar-refractivity contribution in [3.63, 3.8) is 0 Å². The highest BCUT2D eigenvalue weighted by Gasteiger charge is 2.34. The molecule has 1 aliphatic heterocycles. The Morgan fingerprint density at radius 1 is 1.19 bits per heavy atom. The number of carbonyl (C=O) groups is 1. The maximum absolute atomic E-state index is 13.8. The quantitative estimate of drug-likeness (QED) is 0.671. The monoisotopic (exact) mass is 389 g/mol. The minimum Gasteiger partial charge on any atom is -0.339 e. The van der Waals surface area contributed by atoms with Crippen LogP contribution in [-0.2, 0) is 11.3 Å². The van der Waals surface area contributed by atoms with Crippen LogP contribution in [-0.4, -0.2) is 27.5 Å². The van der Waals surface area contributed by atoms with E-state index >= 15 is 0 Å². The van der Waals surface area contributed by atoms with Gasteiger partial charge >= 0.3 is 0 Å². The fourth-order valence-corrected chi connectivity index (χ4v) is 3.26. The normalized spacial score (nSPS) is 16.9. The van der Waals surface area contributed by atoms with Crippen molar-refractivity contribution in [2.45, 2.75) is 18.9 Å². The first-order valence-electron chi connectivity index (χ1n) is 8.31. The Bertz CT molecular complexity index is 1010. The van der Waals surface area contributed by atoms with Crippen molar-refractivity contribution in [3.05, 3.63) is 70.6 Å². The van der Waals surface area contributed by atoms with Gasteiger partial charge in [-0.05, 0) is 24.3 Å². The average molecular weight is 390 g/mol. The van der Waals surface area contributed by atoms with Crippen LogP contribution in [0.25, 0.3) is 11.4 Å². The molecule has 1 aromatic heterocycles. The molecule has 0 N–H and O–H groups in total. The predicted molar refractivity (Wildman–Crippen MR) is 93.9 cm³/mol. The molecular formula is C19H14ClF2N3O2. The Hall–Kier alpha value is -2.80. The van der Waals surface area contributed by atoms with Crippen LogP contribution < -0.4 is 0 Å². The summed E-state index contributed by atoms with van der Waals surface area (Å²) < 4.78 is 32.4. The molecule has 1 fully saturated rings. The molecule has 3 aromatic rings. The fourth-order valence-electron chi connectivity index (χ4n) is 3.08. The number of nitrogens with zero attached hydrogens (tertiary/aromatic N) is 3. The highest BCUT2D eigenvalue weighted by Crippen LogP contribution is 2.30. The van der Waals surface area contributed by atoms with Gasteiger partial charge in [0.1, 0.15) is 11.6 Å². The number of carbonyl (C=O) groups excluding carboxylic acids is 1. The van der Waals surface area contributed by atoms with Gasteiger partial charge in [-0.2, -0.15) is 4.98 Å². The van der Waals surface area contributed by atoms with Crippen LogP contribution in [0.15, 0.2) is 47.0 Å². The van der Waals surface area contributed by atoms with Gasteiger partial charge < -0.3 is 9.42 Å². The molecule has 5 nitrogen and oxygen atoms in total. The van der Waals surface area contributed by atoms with Gasteiger partial charge in [0.2, 0.25) is 17.6 Å². The lowest BCUT2D eigenvalue weighted by Gasteiger charge is -2.16. The van der Waals surface area contributed by atoms with E-state index in [4.69, 9.17) is 16.1 Å². The number of rotatable bonds is 4. The lowest BCUT2D eigenvalue weighted by molar-refractivity contribution is -0.128. The van der Waals surface area contributed by atoms with Gasteiger partial charge in [0.25, 0.3) is 0 Å². The molecule has 0 saturated carbocycles. The molecule has 0 bridgehead atoms. The lowest BCUT2D eigenvalue weighted by atomic mass is 10.1. The van der Waals surface area contributed by atoms with Gasteiger partial charge in [-0.25, -0.2) is 8.78 Å². The van der Waals surface area contributed by atoms with Crippen molar-refractivity contribution < 1.29 is 18.1 Å². The van der Waals surface area contributed by atoms with Crippen molar-refractivity contribution in [2.75, 3.05) is 6.54 Å². The standard InChI is InChI=1S/C19H14ClF2N3O2/c20-14-7-11(5-6-16(14)22)18-23-19(27-24-18)13-8-17(26)25(10-13)9-12-3-1-2-4-15(12)21/h1-7,13H,8-10H2. The van der Waals surface area contributed by atoms with E-state index < -0.39 is 5.82 Å². The summed E-state index contributed by atoms with van der Waals surface area (Å²) in [6, 6.07) is 10.5. The number of aromatic nitrogens is 2. The molecule has 1 atom stereocenters. The summed E-state index contributed by atoms with van der Waals surface area (Å²) in [6.07, 6.45) is 0.209. The summed E-state index contributed by atoms with van der Waals surface area (Å²) in [4.78, 5) is 18.2. The second kappa shape index (κ2) is 7.08. The average Bonchev–Trinajstić information content (AvgIpc) is 3.27. The number of hydrogen-bond acceptors (Lipinski definition) is 4. The molecule has 1 amide bonds. The summed E-state index contributed by atoms with van der Waals surface area (Å²) in [5.41, 5.74) is 0.975. The van der Waals surface area contributed by atoms with Gasteiger partial charge in [0.15, 0.2) is 0 Å². The third-order valence-electron chi connectivity index (χ3n) is 4.50. The zero-order chi connectivity index (χ0) is 19.0. The van der Waals surface area contributed by atoms with Crippen LogP contribution in [0.5, 0.6) is 0 Å². The maximum atomic E-state index is 13.8. The van der Waals surface area contributed by atoms with Gasteiger partial charge in [-0.3, -0.25) is 4.79 Å². The van der Waals surface area contributed by atoms with Crippen molar-refractivity contribution in [1.29, 1.82) is 0 Å². The van der Waals surface area contributed by atoms with Crippen LogP contribution in [0.4, 0.5) is 8.78 Å². The minimum atomic E-state index is -0.533. The first kappa shape index (κ1) is 17.6. The highest BCUT2D eigenvalue weighted by molar-refractivity contribution is 6.31. The van der Waals surface area contributed by atoms with Gasteiger partial charge in [0.05, 0.1) is 10.9 Å². The van der Waals surface area contributed by atoms with Crippen LogP contribution >= 0.6 is 11.6 Å². The zero-order valence-electron chi connectivity index (χ0n) is 14.0. The lowest BCUT2D eigenvalue weighted by Crippen LogP contribution is -2.24. The van der Waals surface area contributed by atoms with Gasteiger partial charge in [-0.15, -0.1) is 0 Å². The molecule has 8 heteroatoms.